The SMILES string of the molecule is O=C(O)CCCCCCCOC1CCNCC1. The first-order valence-electron chi connectivity index (χ1n) is 6.83. The molecule has 1 aliphatic heterocycles. The fourth-order valence-electron chi connectivity index (χ4n) is 2.12. The van der Waals surface area contributed by atoms with Crippen LogP contribution in [0.4, 0.5) is 0 Å². The topological polar surface area (TPSA) is 58.6 Å². The molecule has 0 atom stereocenters. The normalized spacial score (nSPS) is 17.2. The summed E-state index contributed by atoms with van der Waals surface area (Å²) in [7, 11) is 0. The third-order valence-electron chi connectivity index (χ3n) is 3.17. The van der Waals surface area contributed by atoms with Gasteiger partial charge >= 0.3 is 5.97 Å². The van der Waals surface area contributed by atoms with Crippen LogP contribution in [0.25, 0.3) is 0 Å². The van der Waals surface area contributed by atoms with Crippen LogP contribution in [0, 0.1) is 0 Å². The highest BCUT2D eigenvalue weighted by Gasteiger charge is 2.12. The highest BCUT2D eigenvalue weighted by molar-refractivity contribution is 5.66. The Balaban J connectivity index is 1.79. The highest BCUT2D eigenvalue weighted by Crippen LogP contribution is 2.10. The predicted molar refractivity (Wildman–Crippen MR) is 67.2 cm³/mol. The molecule has 4 nitrogen and oxygen atoms in total. The Bertz CT molecular complexity index is 203. The number of rotatable bonds is 9. The standard InChI is InChI=1S/C13H25NO3/c15-13(16)6-4-2-1-3-5-11-17-12-7-9-14-10-8-12/h12,14H,1-11H2,(H,15,16). The Kier molecular flexibility index (Phi) is 8.01. The van der Waals surface area contributed by atoms with Crippen LogP contribution in [0.2, 0.25) is 0 Å². The van der Waals surface area contributed by atoms with Gasteiger partial charge in [-0.25, -0.2) is 0 Å². The van der Waals surface area contributed by atoms with E-state index in [1.807, 2.05) is 0 Å². The van der Waals surface area contributed by atoms with Crippen molar-refractivity contribution in [1.29, 1.82) is 0 Å². The van der Waals surface area contributed by atoms with Crippen molar-refractivity contribution in [3.05, 3.63) is 0 Å². The second-order valence-electron chi connectivity index (χ2n) is 4.73. The summed E-state index contributed by atoms with van der Waals surface area (Å²) in [6.45, 7) is 3.03. The number of hydrogen-bond acceptors (Lipinski definition) is 3. The van der Waals surface area contributed by atoms with Gasteiger partial charge in [0.25, 0.3) is 0 Å². The lowest BCUT2D eigenvalue weighted by atomic mass is 10.1. The van der Waals surface area contributed by atoms with Gasteiger partial charge in [0.2, 0.25) is 0 Å². The molecule has 0 aromatic heterocycles. The average molecular weight is 243 g/mol. The summed E-state index contributed by atoms with van der Waals surface area (Å²) < 4.78 is 5.79. The lowest BCUT2D eigenvalue weighted by Crippen LogP contribution is -2.32. The Hall–Kier alpha value is -0.610. The predicted octanol–water partition coefficient (Wildman–Crippen LogP) is 2.18. The van der Waals surface area contributed by atoms with Crippen LogP contribution >= 0.6 is 0 Å². The number of hydrogen-bond donors (Lipinski definition) is 2. The van der Waals surface area contributed by atoms with Gasteiger partial charge in [0.15, 0.2) is 0 Å². The summed E-state index contributed by atoms with van der Waals surface area (Å²) in [5, 5.41) is 11.8. The van der Waals surface area contributed by atoms with Crippen molar-refractivity contribution in [2.24, 2.45) is 0 Å². The summed E-state index contributed by atoms with van der Waals surface area (Å²) >= 11 is 0. The number of piperidine rings is 1. The van der Waals surface area contributed by atoms with Crippen molar-refractivity contribution in [3.8, 4) is 0 Å². The number of aliphatic carboxylic acids is 1. The monoisotopic (exact) mass is 243 g/mol. The molecule has 1 saturated heterocycles. The van der Waals surface area contributed by atoms with Crippen LogP contribution in [0.1, 0.15) is 51.4 Å². The molecule has 17 heavy (non-hydrogen) atoms. The van der Waals surface area contributed by atoms with Gasteiger partial charge in [-0.1, -0.05) is 19.3 Å². The minimum absolute atomic E-state index is 0.311. The van der Waals surface area contributed by atoms with E-state index in [0.29, 0.717) is 12.5 Å². The molecule has 0 saturated carbocycles. The highest BCUT2D eigenvalue weighted by atomic mass is 16.5. The minimum Gasteiger partial charge on any atom is -0.481 e. The molecular weight excluding hydrogens is 218 g/mol. The Morgan fingerprint density at radius 2 is 1.76 bits per heavy atom. The summed E-state index contributed by atoms with van der Waals surface area (Å²) in [6.07, 6.45) is 8.28. The zero-order valence-corrected chi connectivity index (χ0v) is 10.6. The van der Waals surface area contributed by atoms with Gasteiger partial charge in [-0.15, -0.1) is 0 Å². The second kappa shape index (κ2) is 9.42. The molecule has 0 amide bonds. The van der Waals surface area contributed by atoms with Crippen molar-refractivity contribution in [3.63, 3.8) is 0 Å². The van der Waals surface area contributed by atoms with Crippen LogP contribution < -0.4 is 5.32 Å². The van der Waals surface area contributed by atoms with E-state index in [9.17, 15) is 4.79 Å². The number of nitrogens with one attached hydrogen (secondary N) is 1. The van der Waals surface area contributed by atoms with Gasteiger partial charge in [-0.2, -0.15) is 0 Å². The lowest BCUT2D eigenvalue weighted by molar-refractivity contribution is -0.137. The van der Waals surface area contributed by atoms with Crippen LogP contribution in [-0.4, -0.2) is 36.9 Å². The van der Waals surface area contributed by atoms with Gasteiger partial charge in [0.1, 0.15) is 0 Å². The molecule has 100 valence electrons. The van der Waals surface area contributed by atoms with Gasteiger partial charge in [0, 0.05) is 13.0 Å². The summed E-state index contributed by atoms with van der Waals surface area (Å²) in [4.78, 5) is 10.3. The molecule has 1 rings (SSSR count). The first-order chi connectivity index (χ1) is 8.29. The lowest BCUT2D eigenvalue weighted by Gasteiger charge is -2.22. The van der Waals surface area contributed by atoms with E-state index in [0.717, 1.165) is 64.6 Å². The summed E-state index contributed by atoms with van der Waals surface area (Å²) in [5.41, 5.74) is 0. The van der Waals surface area contributed by atoms with Crippen molar-refractivity contribution in [2.45, 2.75) is 57.5 Å². The molecule has 2 N–H and O–H groups in total. The Morgan fingerprint density at radius 3 is 2.47 bits per heavy atom. The van der Waals surface area contributed by atoms with Crippen molar-refractivity contribution < 1.29 is 14.6 Å². The van der Waals surface area contributed by atoms with E-state index in [1.165, 1.54) is 0 Å². The van der Waals surface area contributed by atoms with E-state index < -0.39 is 5.97 Å². The van der Waals surface area contributed by atoms with Gasteiger partial charge in [0.05, 0.1) is 6.10 Å². The molecule has 0 radical (unpaired) electrons. The fraction of sp³-hybridized carbons (Fsp3) is 0.923. The minimum atomic E-state index is -0.681. The van der Waals surface area contributed by atoms with E-state index in [1.54, 1.807) is 0 Å². The molecule has 0 spiro atoms. The molecule has 1 fully saturated rings. The smallest absolute Gasteiger partial charge is 0.303 e. The molecule has 0 aromatic carbocycles. The number of ether oxygens (including phenoxy) is 1. The largest absolute Gasteiger partial charge is 0.481 e. The van der Waals surface area contributed by atoms with Crippen molar-refractivity contribution in [1.82, 2.24) is 5.32 Å². The maximum atomic E-state index is 10.3. The maximum Gasteiger partial charge on any atom is 0.303 e. The molecular formula is C13H25NO3. The van der Waals surface area contributed by atoms with Gasteiger partial charge in [-0.3, -0.25) is 4.79 Å². The first-order valence-corrected chi connectivity index (χ1v) is 6.83. The van der Waals surface area contributed by atoms with Gasteiger partial charge < -0.3 is 15.2 Å². The molecule has 0 unspecified atom stereocenters. The Morgan fingerprint density at radius 1 is 1.12 bits per heavy atom. The van der Waals surface area contributed by atoms with E-state index in [-0.39, 0.29) is 0 Å². The zero-order valence-electron chi connectivity index (χ0n) is 10.6. The molecule has 0 bridgehead atoms. The number of unbranched alkanes of at least 4 members (excludes halogenated alkanes) is 4. The summed E-state index contributed by atoms with van der Waals surface area (Å²) in [5.74, 6) is -0.681. The molecule has 1 aliphatic rings. The first kappa shape index (κ1) is 14.5. The van der Waals surface area contributed by atoms with Crippen LogP contribution in [0.5, 0.6) is 0 Å². The second-order valence-corrected chi connectivity index (χ2v) is 4.73. The molecule has 4 heteroatoms. The number of carboxylic acids is 1. The van der Waals surface area contributed by atoms with E-state index in [4.69, 9.17) is 9.84 Å². The Labute approximate surface area is 104 Å². The molecule has 0 aromatic rings. The third kappa shape index (κ3) is 8.16. The van der Waals surface area contributed by atoms with E-state index in [2.05, 4.69) is 5.32 Å². The molecule has 0 aliphatic carbocycles. The quantitative estimate of drug-likeness (QED) is 0.609. The van der Waals surface area contributed by atoms with Gasteiger partial charge in [-0.05, 0) is 38.8 Å². The van der Waals surface area contributed by atoms with E-state index >= 15 is 0 Å². The van der Waals surface area contributed by atoms with Crippen molar-refractivity contribution >= 4 is 5.97 Å². The van der Waals surface area contributed by atoms with Crippen molar-refractivity contribution in [2.75, 3.05) is 19.7 Å². The zero-order chi connectivity index (χ0) is 12.3. The van der Waals surface area contributed by atoms with Crippen LogP contribution in [0.3, 0.4) is 0 Å². The van der Waals surface area contributed by atoms with Crippen LogP contribution in [-0.2, 0) is 9.53 Å². The fourth-order valence-corrected chi connectivity index (χ4v) is 2.12. The number of carbonyl (C=O) groups is 1. The average Bonchev–Trinajstić information content (AvgIpc) is 2.33. The summed E-state index contributed by atoms with van der Waals surface area (Å²) in [6, 6.07) is 0. The third-order valence-corrected chi connectivity index (χ3v) is 3.17. The molecule has 1 heterocycles. The number of carboxylic acid groups (broad SMARTS) is 1. The van der Waals surface area contributed by atoms with Crippen LogP contribution in [0.15, 0.2) is 0 Å². The maximum absolute atomic E-state index is 10.3.